The van der Waals surface area contributed by atoms with E-state index in [1.54, 1.807) is 11.3 Å². The van der Waals surface area contributed by atoms with Crippen molar-refractivity contribution in [2.45, 2.75) is 39.7 Å². The van der Waals surface area contributed by atoms with Gasteiger partial charge in [0.25, 0.3) is 0 Å². The molecule has 0 spiro atoms. The predicted molar refractivity (Wildman–Crippen MR) is 86.8 cm³/mol. The largest absolute Gasteiger partial charge is 0.363 e. The Hall–Kier alpha value is -1.89. The first-order valence-corrected chi connectivity index (χ1v) is 7.71. The van der Waals surface area contributed by atoms with Crippen LogP contribution in [-0.4, -0.2) is 28.1 Å². The maximum Gasteiger partial charge on any atom is 0.312 e. The van der Waals surface area contributed by atoms with E-state index >= 15 is 0 Å². The molecule has 2 aromatic rings. The molecule has 21 heavy (non-hydrogen) atoms. The number of rotatable bonds is 5. The number of hydrogen-bond donors (Lipinski definition) is 3. The van der Waals surface area contributed by atoms with E-state index in [1.165, 1.54) is 4.88 Å². The summed E-state index contributed by atoms with van der Waals surface area (Å²) in [7, 11) is 0. The number of nitrogens with zero attached hydrogens (tertiary/aromatic N) is 2. The number of carbonyl (C=O) groups excluding carboxylic acids is 1. The third-order valence-electron chi connectivity index (χ3n) is 3.07. The Morgan fingerprint density at radius 2 is 2.14 bits per heavy atom. The van der Waals surface area contributed by atoms with E-state index in [1.807, 2.05) is 20.8 Å². The van der Waals surface area contributed by atoms with Gasteiger partial charge < -0.3 is 16.4 Å². The van der Waals surface area contributed by atoms with E-state index in [4.69, 9.17) is 5.73 Å². The van der Waals surface area contributed by atoms with Crippen LogP contribution in [0.15, 0.2) is 6.07 Å². The van der Waals surface area contributed by atoms with Gasteiger partial charge in [-0.3, -0.25) is 0 Å². The number of anilines is 1. The number of amides is 2. The highest BCUT2D eigenvalue weighted by atomic mass is 32.1. The zero-order chi connectivity index (χ0) is 15.6. The maximum atomic E-state index is 10.9. The van der Waals surface area contributed by atoms with Gasteiger partial charge >= 0.3 is 6.03 Å². The van der Waals surface area contributed by atoms with Gasteiger partial charge in [-0.1, -0.05) is 6.92 Å². The van der Waals surface area contributed by atoms with Crippen molar-refractivity contribution in [2.24, 2.45) is 5.73 Å². The Morgan fingerprint density at radius 1 is 1.43 bits per heavy atom. The van der Waals surface area contributed by atoms with E-state index < -0.39 is 6.03 Å². The number of nitrogens with one attached hydrogen (secondary N) is 2. The molecular weight excluding hydrogens is 286 g/mol. The van der Waals surface area contributed by atoms with E-state index in [0.717, 1.165) is 28.3 Å². The molecule has 0 atom stereocenters. The second-order valence-corrected chi connectivity index (χ2v) is 6.75. The van der Waals surface area contributed by atoms with Gasteiger partial charge in [0, 0.05) is 11.4 Å². The molecule has 0 aromatic carbocycles. The zero-order valence-electron chi connectivity index (χ0n) is 12.8. The van der Waals surface area contributed by atoms with Crippen LogP contribution in [0, 0.1) is 6.92 Å². The molecule has 0 aliphatic heterocycles. The van der Waals surface area contributed by atoms with Gasteiger partial charge in [-0.2, -0.15) is 0 Å². The van der Waals surface area contributed by atoms with Gasteiger partial charge in [0.2, 0.25) is 0 Å². The third kappa shape index (κ3) is 3.81. The first-order valence-electron chi connectivity index (χ1n) is 6.89. The second-order valence-electron chi connectivity index (χ2n) is 5.63. The summed E-state index contributed by atoms with van der Waals surface area (Å²) < 4.78 is 0. The van der Waals surface area contributed by atoms with E-state index in [9.17, 15) is 4.79 Å². The predicted octanol–water partition coefficient (Wildman–Crippen LogP) is 2.42. The normalized spacial score (nSPS) is 11.6. The van der Waals surface area contributed by atoms with Crippen LogP contribution < -0.4 is 16.4 Å². The summed E-state index contributed by atoms with van der Waals surface area (Å²) in [6.45, 7) is 8.39. The number of primary amides is 1. The van der Waals surface area contributed by atoms with Crippen LogP contribution in [0.3, 0.4) is 0 Å². The van der Waals surface area contributed by atoms with Crippen molar-refractivity contribution in [3.8, 4) is 0 Å². The summed E-state index contributed by atoms with van der Waals surface area (Å²) in [4.78, 5) is 22.1. The summed E-state index contributed by atoms with van der Waals surface area (Å²) >= 11 is 1.69. The lowest BCUT2D eigenvalue weighted by Gasteiger charge is -2.27. The van der Waals surface area contributed by atoms with Crippen molar-refractivity contribution in [3.05, 3.63) is 16.8 Å². The summed E-state index contributed by atoms with van der Waals surface area (Å²) in [5, 5.41) is 7.02. The molecule has 2 heterocycles. The lowest BCUT2D eigenvalue weighted by atomic mass is 10.1. The monoisotopic (exact) mass is 307 g/mol. The molecule has 2 aromatic heterocycles. The average molecular weight is 307 g/mol. The molecule has 0 saturated carbocycles. The topological polar surface area (TPSA) is 92.9 Å². The van der Waals surface area contributed by atoms with Gasteiger partial charge in [-0.15, -0.1) is 11.3 Å². The van der Waals surface area contributed by atoms with Crippen LogP contribution in [-0.2, 0) is 6.42 Å². The minimum absolute atomic E-state index is 0.364. The quantitative estimate of drug-likeness (QED) is 0.791. The average Bonchev–Trinajstić information content (AvgIpc) is 2.79. The summed E-state index contributed by atoms with van der Waals surface area (Å²) in [6.07, 6.45) is 0.978. The Balaban J connectivity index is 2.32. The van der Waals surface area contributed by atoms with Gasteiger partial charge in [0.1, 0.15) is 16.5 Å². The molecule has 0 unspecified atom stereocenters. The molecule has 0 aliphatic rings. The van der Waals surface area contributed by atoms with Gasteiger partial charge in [-0.25, -0.2) is 14.8 Å². The summed E-state index contributed by atoms with van der Waals surface area (Å²) in [6, 6.07) is 1.59. The van der Waals surface area contributed by atoms with Crippen LogP contribution in [0.1, 0.15) is 31.5 Å². The Morgan fingerprint density at radius 3 is 2.76 bits per heavy atom. The van der Waals surface area contributed by atoms with E-state index in [2.05, 4.69) is 33.6 Å². The molecule has 2 rings (SSSR count). The molecular formula is C14H21N5OS. The highest BCUT2D eigenvalue weighted by Gasteiger charge is 2.21. The van der Waals surface area contributed by atoms with Gasteiger partial charge in [0.15, 0.2) is 0 Å². The summed E-state index contributed by atoms with van der Waals surface area (Å²) in [5.74, 6) is 1.53. The SMILES string of the molecule is CCc1cc2c(NC(C)(C)CNC(N)=O)nc(C)nc2s1. The van der Waals surface area contributed by atoms with Crippen LogP contribution in [0.4, 0.5) is 10.6 Å². The minimum atomic E-state index is -0.530. The zero-order valence-corrected chi connectivity index (χ0v) is 13.6. The number of thiophene rings is 1. The van der Waals surface area contributed by atoms with Crippen LogP contribution in [0.2, 0.25) is 0 Å². The number of fused-ring (bicyclic) bond motifs is 1. The van der Waals surface area contributed by atoms with Crippen LogP contribution in [0.5, 0.6) is 0 Å². The standard InChI is InChI=1S/C14H21N5OS/c1-5-9-6-10-11(17-8(2)18-12(10)21-9)19-14(3,4)7-16-13(15)20/h6H,5,7H2,1-4H3,(H3,15,16,20)(H,17,18,19). The van der Waals surface area contributed by atoms with Crippen molar-refractivity contribution in [3.63, 3.8) is 0 Å². The molecule has 114 valence electrons. The van der Waals surface area contributed by atoms with Crippen LogP contribution >= 0.6 is 11.3 Å². The first-order chi connectivity index (χ1) is 9.80. The lowest BCUT2D eigenvalue weighted by Crippen LogP contribution is -2.45. The molecule has 0 bridgehead atoms. The number of hydrogen-bond acceptors (Lipinski definition) is 5. The fraction of sp³-hybridized carbons (Fsp3) is 0.500. The van der Waals surface area contributed by atoms with E-state index in [0.29, 0.717) is 6.54 Å². The van der Waals surface area contributed by atoms with E-state index in [-0.39, 0.29) is 5.54 Å². The Kier molecular flexibility index (Phi) is 4.32. The molecule has 0 fully saturated rings. The van der Waals surface area contributed by atoms with Crippen molar-refractivity contribution >= 4 is 33.4 Å². The molecule has 0 saturated heterocycles. The number of aryl methyl sites for hydroxylation is 2. The summed E-state index contributed by atoms with van der Waals surface area (Å²) in [5.41, 5.74) is 4.76. The number of aromatic nitrogens is 2. The highest BCUT2D eigenvalue weighted by Crippen LogP contribution is 2.30. The number of carbonyl (C=O) groups is 1. The smallest absolute Gasteiger partial charge is 0.312 e. The van der Waals surface area contributed by atoms with Crippen molar-refractivity contribution in [2.75, 3.05) is 11.9 Å². The maximum absolute atomic E-state index is 10.9. The second kappa shape index (κ2) is 5.85. The fourth-order valence-corrected chi connectivity index (χ4v) is 3.03. The fourth-order valence-electron chi connectivity index (χ4n) is 2.02. The lowest BCUT2D eigenvalue weighted by molar-refractivity contribution is 0.247. The Labute approximate surface area is 128 Å². The van der Waals surface area contributed by atoms with Gasteiger partial charge in [-0.05, 0) is 33.3 Å². The molecule has 7 heteroatoms. The van der Waals surface area contributed by atoms with Gasteiger partial charge in [0.05, 0.1) is 10.9 Å². The highest BCUT2D eigenvalue weighted by molar-refractivity contribution is 7.18. The molecule has 4 N–H and O–H groups in total. The Bertz CT molecular complexity index is 665. The molecule has 2 amide bonds. The van der Waals surface area contributed by atoms with Crippen LogP contribution in [0.25, 0.3) is 10.2 Å². The third-order valence-corrected chi connectivity index (χ3v) is 4.24. The first kappa shape index (κ1) is 15.5. The van der Waals surface area contributed by atoms with Crippen molar-refractivity contribution in [1.82, 2.24) is 15.3 Å². The minimum Gasteiger partial charge on any atom is -0.363 e. The number of nitrogens with two attached hydrogens (primary N) is 1. The van der Waals surface area contributed by atoms with Crippen molar-refractivity contribution < 1.29 is 4.79 Å². The van der Waals surface area contributed by atoms with Crippen molar-refractivity contribution in [1.29, 1.82) is 0 Å². The molecule has 0 aliphatic carbocycles. The molecule has 0 radical (unpaired) electrons. The molecule has 6 nitrogen and oxygen atoms in total. The number of urea groups is 1.